The molecule has 6 nitrogen and oxygen atoms in total. The summed E-state index contributed by atoms with van der Waals surface area (Å²) in [6, 6.07) is 24.8. The number of ether oxygens (including phenoxy) is 2. The van der Waals surface area contributed by atoms with Crippen molar-refractivity contribution in [1.29, 1.82) is 0 Å². The molecule has 2 amide bonds. The Morgan fingerprint density at radius 3 is 2.38 bits per heavy atom. The quantitative estimate of drug-likeness (QED) is 0.462. The molecule has 1 aliphatic rings. The number of alkyl carbamates (subject to hydrolysis) is 1. The van der Waals surface area contributed by atoms with Crippen LogP contribution < -0.4 is 15.4 Å². The van der Waals surface area contributed by atoms with E-state index in [9.17, 15) is 9.59 Å². The molecule has 3 aromatic carbocycles. The Bertz CT molecular complexity index is 1140. The van der Waals surface area contributed by atoms with Crippen LogP contribution in [0.5, 0.6) is 5.75 Å². The van der Waals surface area contributed by atoms with Gasteiger partial charge in [-0.1, -0.05) is 48.5 Å². The van der Waals surface area contributed by atoms with E-state index in [1.54, 1.807) is 12.1 Å². The molecule has 0 aliphatic heterocycles. The number of benzene rings is 3. The van der Waals surface area contributed by atoms with Crippen LogP contribution in [0.1, 0.15) is 54.6 Å². The third kappa shape index (κ3) is 6.61. The summed E-state index contributed by atoms with van der Waals surface area (Å²) in [5, 5.41) is 5.84. The zero-order valence-electron chi connectivity index (χ0n) is 19.7. The highest BCUT2D eigenvalue weighted by Crippen LogP contribution is 2.41. The fourth-order valence-electron chi connectivity index (χ4n) is 3.67. The Labute approximate surface area is 200 Å². The van der Waals surface area contributed by atoms with Gasteiger partial charge in [0, 0.05) is 23.2 Å². The lowest BCUT2D eigenvalue weighted by atomic mass is 10.1. The van der Waals surface area contributed by atoms with E-state index in [2.05, 4.69) is 10.6 Å². The maximum atomic E-state index is 12.7. The molecule has 0 heterocycles. The van der Waals surface area contributed by atoms with Gasteiger partial charge in [-0.05, 0) is 68.7 Å². The van der Waals surface area contributed by atoms with Crippen molar-refractivity contribution in [2.45, 2.75) is 51.4 Å². The van der Waals surface area contributed by atoms with Gasteiger partial charge in [-0.25, -0.2) is 4.79 Å². The first-order chi connectivity index (χ1) is 16.3. The van der Waals surface area contributed by atoms with Gasteiger partial charge in [-0.15, -0.1) is 0 Å². The molecule has 1 saturated carbocycles. The molecule has 0 bridgehead atoms. The molecule has 1 fully saturated rings. The molecule has 6 heteroatoms. The summed E-state index contributed by atoms with van der Waals surface area (Å²) in [5.74, 6) is 0.702. The first-order valence-corrected chi connectivity index (χ1v) is 11.4. The molecule has 0 spiro atoms. The number of rotatable bonds is 7. The normalized spacial score (nSPS) is 16.9. The average molecular weight is 459 g/mol. The summed E-state index contributed by atoms with van der Waals surface area (Å²) < 4.78 is 11.1. The number of hydrogen-bond acceptors (Lipinski definition) is 4. The number of carbonyl (C=O) groups is 2. The molecule has 2 atom stereocenters. The van der Waals surface area contributed by atoms with Crippen molar-refractivity contribution in [3.8, 4) is 5.75 Å². The van der Waals surface area contributed by atoms with Crippen LogP contribution in [0.3, 0.4) is 0 Å². The van der Waals surface area contributed by atoms with Crippen LogP contribution >= 0.6 is 0 Å². The molecule has 4 rings (SSSR count). The standard InChI is InChI=1S/C28H30N2O4/c1-28(2,3)34-27(32)30-25-17-24(25)20-12-14-22(15-13-20)29-26(31)21-10-7-11-23(16-21)33-18-19-8-5-4-6-9-19/h4-16,24-25H,17-18H2,1-3H3,(H,29,31)(H,30,32)/t24-,25+/m0/s1. The summed E-state index contributed by atoms with van der Waals surface area (Å²) in [4.78, 5) is 24.7. The van der Waals surface area contributed by atoms with Crippen molar-refractivity contribution < 1.29 is 19.1 Å². The van der Waals surface area contributed by atoms with Crippen LogP contribution in [0.25, 0.3) is 0 Å². The number of hydrogen-bond donors (Lipinski definition) is 2. The molecule has 0 radical (unpaired) electrons. The second-order valence-corrected chi connectivity index (χ2v) is 9.47. The van der Waals surface area contributed by atoms with Crippen LogP contribution in [0, 0.1) is 0 Å². The van der Waals surface area contributed by atoms with Crippen LogP contribution in [-0.2, 0) is 11.3 Å². The Kier molecular flexibility index (Phi) is 6.87. The van der Waals surface area contributed by atoms with Crippen LogP contribution in [0.2, 0.25) is 0 Å². The molecule has 34 heavy (non-hydrogen) atoms. The molecule has 0 saturated heterocycles. The molecule has 2 N–H and O–H groups in total. The van der Waals surface area contributed by atoms with Gasteiger partial charge in [-0.2, -0.15) is 0 Å². The van der Waals surface area contributed by atoms with E-state index in [0.29, 0.717) is 23.6 Å². The highest BCUT2D eigenvalue weighted by molar-refractivity contribution is 6.04. The fourth-order valence-corrected chi connectivity index (χ4v) is 3.67. The minimum absolute atomic E-state index is 0.0777. The van der Waals surface area contributed by atoms with E-state index in [1.165, 1.54) is 0 Å². The third-order valence-corrected chi connectivity index (χ3v) is 5.43. The van der Waals surface area contributed by atoms with Gasteiger partial charge < -0.3 is 20.1 Å². The van der Waals surface area contributed by atoms with Crippen molar-refractivity contribution in [2.75, 3.05) is 5.32 Å². The lowest BCUT2D eigenvalue weighted by molar-refractivity contribution is 0.0522. The van der Waals surface area contributed by atoms with Gasteiger partial charge >= 0.3 is 6.09 Å². The van der Waals surface area contributed by atoms with Crippen molar-refractivity contribution in [3.05, 3.63) is 95.6 Å². The average Bonchev–Trinajstić information content (AvgIpc) is 3.56. The summed E-state index contributed by atoms with van der Waals surface area (Å²) in [5.41, 5.74) is 2.91. The van der Waals surface area contributed by atoms with Gasteiger partial charge in [0.2, 0.25) is 0 Å². The van der Waals surface area contributed by atoms with E-state index < -0.39 is 5.60 Å². The molecular weight excluding hydrogens is 428 g/mol. The topological polar surface area (TPSA) is 76.7 Å². The Hall–Kier alpha value is -3.80. The highest BCUT2D eigenvalue weighted by atomic mass is 16.6. The van der Waals surface area contributed by atoms with E-state index in [-0.39, 0.29) is 24.0 Å². The lowest BCUT2D eigenvalue weighted by Gasteiger charge is -2.19. The van der Waals surface area contributed by atoms with Gasteiger partial charge in [0.05, 0.1) is 0 Å². The molecule has 3 aromatic rings. The number of nitrogens with one attached hydrogen (secondary N) is 2. The van der Waals surface area contributed by atoms with Gasteiger partial charge in [0.1, 0.15) is 18.0 Å². The van der Waals surface area contributed by atoms with Crippen molar-refractivity contribution >= 4 is 17.7 Å². The summed E-state index contributed by atoms with van der Waals surface area (Å²) in [6.45, 7) is 5.98. The maximum absolute atomic E-state index is 12.7. The van der Waals surface area contributed by atoms with Crippen molar-refractivity contribution in [2.24, 2.45) is 0 Å². The predicted octanol–water partition coefficient (Wildman–Crippen LogP) is 5.90. The Balaban J connectivity index is 1.29. The number of carbonyl (C=O) groups excluding carboxylic acids is 2. The number of amides is 2. The molecule has 176 valence electrons. The smallest absolute Gasteiger partial charge is 0.407 e. The first kappa shape index (κ1) is 23.4. The van der Waals surface area contributed by atoms with Crippen LogP contribution in [0.4, 0.5) is 10.5 Å². The molecule has 0 aromatic heterocycles. The molecule has 1 aliphatic carbocycles. The molecule has 0 unspecified atom stereocenters. The van der Waals surface area contributed by atoms with E-state index >= 15 is 0 Å². The minimum atomic E-state index is -0.512. The maximum Gasteiger partial charge on any atom is 0.407 e. The lowest BCUT2D eigenvalue weighted by Crippen LogP contribution is -2.34. The van der Waals surface area contributed by atoms with Crippen LogP contribution in [0.15, 0.2) is 78.9 Å². The SMILES string of the molecule is CC(C)(C)OC(=O)N[C@@H]1C[C@H]1c1ccc(NC(=O)c2cccc(OCc3ccccc3)c2)cc1. The zero-order chi connectivity index (χ0) is 24.1. The highest BCUT2D eigenvalue weighted by Gasteiger charge is 2.40. The largest absolute Gasteiger partial charge is 0.489 e. The zero-order valence-corrected chi connectivity index (χ0v) is 19.7. The second kappa shape index (κ2) is 10.00. The third-order valence-electron chi connectivity index (χ3n) is 5.43. The minimum Gasteiger partial charge on any atom is -0.489 e. The Morgan fingerprint density at radius 2 is 1.68 bits per heavy atom. The van der Waals surface area contributed by atoms with E-state index in [0.717, 1.165) is 17.5 Å². The molecular formula is C28H30N2O4. The Morgan fingerprint density at radius 1 is 0.941 bits per heavy atom. The van der Waals surface area contributed by atoms with E-state index in [4.69, 9.17) is 9.47 Å². The monoisotopic (exact) mass is 458 g/mol. The van der Waals surface area contributed by atoms with Gasteiger partial charge in [0.25, 0.3) is 5.91 Å². The van der Waals surface area contributed by atoms with Crippen molar-refractivity contribution in [1.82, 2.24) is 5.32 Å². The van der Waals surface area contributed by atoms with Crippen molar-refractivity contribution in [3.63, 3.8) is 0 Å². The van der Waals surface area contributed by atoms with Gasteiger partial charge in [0.15, 0.2) is 0 Å². The predicted molar refractivity (Wildman–Crippen MR) is 132 cm³/mol. The summed E-state index contributed by atoms with van der Waals surface area (Å²) in [7, 11) is 0. The van der Waals surface area contributed by atoms with Gasteiger partial charge in [-0.3, -0.25) is 4.79 Å². The fraction of sp³-hybridized carbons (Fsp3) is 0.286. The number of anilines is 1. The summed E-state index contributed by atoms with van der Waals surface area (Å²) in [6.07, 6.45) is 0.486. The van der Waals surface area contributed by atoms with E-state index in [1.807, 2.05) is 87.5 Å². The second-order valence-electron chi connectivity index (χ2n) is 9.47. The summed E-state index contributed by atoms with van der Waals surface area (Å²) >= 11 is 0. The van der Waals surface area contributed by atoms with Crippen LogP contribution in [-0.4, -0.2) is 23.6 Å². The first-order valence-electron chi connectivity index (χ1n) is 11.4.